The third-order valence-corrected chi connectivity index (χ3v) is 3.43. The van der Waals surface area contributed by atoms with E-state index in [9.17, 15) is 10.1 Å². The van der Waals surface area contributed by atoms with Crippen molar-refractivity contribution in [2.24, 2.45) is 0 Å². The number of carboxylic acid groups (broad SMARTS) is 1. The molecule has 2 aromatic rings. The highest BCUT2D eigenvalue weighted by molar-refractivity contribution is 5.85. The number of hydrogen-bond donors (Lipinski definition) is 1. The number of rotatable bonds is 2. The Morgan fingerprint density at radius 2 is 2.20 bits per heavy atom. The fourth-order valence-corrected chi connectivity index (χ4v) is 2.44. The Labute approximate surface area is 115 Å². The highest BCUT2D eigenvalue weighted by Crippen LogP contribution is 2.23. The number of nitriles is 1. The number of fused-ring (bicyclic) bond motifs is 1. The normalized spacial score (nSPS) is 13.6. The predicted molar refractivity (Wildman–Crippen MR) is 69.7 cm³/mol. The molecule has 1 N–H and O–H groups in total. The second-order valence-electron chi connectivity index (χ2n) is 4.73. The van der Waals surface area contributed by atoms with Gasteiger partial charge >= 0.3 is 5.97 Å². The summed E-state index contributed by atoms with van der Waals surface area (Å²) in [5, 5.41) is 22.1. The summed E-state index contributed by atoms with van der Waals surface area (Å²) < 4.78 is 1.36. The molecular formula is C14H12N4O2. The van der Waals surface area contributed by atoms with Crippen molar-refractivity contribution < 1.29 is 9.90 Å². The van der Waals surface area contributed by atoms with Gasteiger partial charge in [-0.25, -0.2) is 14.5 Å². The molecule has 0 saturated heterocycles. The molecule has 0 saturated carbocycles. The number of aromatic nitrogens is 3. The van der Waals surface area contributed by atoms with E-state index >= 15 is 0 Å². The van der Waals surface area contributed by atoms with E-state index in [4.69, 9.17) is 5.11 Å². The molecular weight excluding hydrogens is 256 g/mol. The van der Waals surface area contributed by atoms with Gasteiger partial charge in [0.15, 0.2) is 11.5 Å². The van der Waals surface area contributed by atoms with Gasteiger partial charge in [-0.15, -0.1) is 0 Å². The van der Waals surface area contributed by atoms with E-state index < -0.39 is 5.97 Å². The lowest BCUT2D eigenvalue weighted by molar-refractivity contribution is 0.0690. The Bertz CT molecular complexity index is 727. The van der Waals surface area contributed by atoms with Gasteiger partial charge in [-0.1, -0.05) is 0 Å². The minimum absolute atomic E-state index is 0.0617. The molecule has 0 amide bonds. The van der Waals surface area contributed by atoms with Crippen LogP contribution in [0.15, 0.2) is 18.3 Å². The zero-order valence-electron chi connectivity index (χ0n) is 10.7. The first-order valence-corrected chi connectivity index (χ1v) is 6.41. The summed E-state index contributed by atoms with van der Waals surface area (Å²) in [5.41, 5.74) is 2.46. The van der Waals surface area contributed by atoms with Crippen LogP contribution in [0.3, 0.4) is 0 Å². The number of carbonyl (C=O) groups is 1. The van der Waals surface area contributed by atoms with Gasteiger partial charge in [-0.3, -0.25) is 0 Å². The highest BCUT2D eigenvalue weighted by atomic mass is 16.4. The summed E-state index contributed by atoms with van der Waals surface area (Å²) in [6.45, 7) is 0. The lowest BCUT2D eigenvalue weighted by Gasteiger charge is -2.16. The fraction of sp³-hybridized carbons (Fsp3) is 0.286. The van der Waals surface area contributed by atoms with Crippen molar-refractivity contribution in [3.63, 3.8) is 0 Å². The van der Waals surface area contributed by atoms with Crippen molar-refractivity contribution in [1.29, 1.82) is 5.26 Å². The van der Waals surface area contributed by atoms with Gasteiger partial charge in [0.2, 0.25) is 0 Å². The lowest BCUT2D eigenvalue weighted by Crippen LogP contribution is -2.11. The van der Waals surface area contributed by atoms with E-state index in [0.717, 1.165) is 36.9 Å². The smallest absolute Gasteiger partial charge is 0.356 e. The second-order valence-corrected chi connectivity index (χ2v) is 4.73. The molecule has 0 fully saturated rings. The molecule has 6 heteroatoms. The molecule has 2 heterocycles. The summed E-state index contributed by atoms with van der Waals surface area (Å²) in [5.74, 6) is -0.694. The quantitative estimate of drug-likeness (QED) is 0.895. The maximum Gasteiger partial charge on any atom is 0.356 e. The van der Waals surface area contributed by atoms with E-state index in [0.29, 0.717) is 11.4 Å². The molecule has 0 spiro atoms. The van der Waals surface area contributed by atoms with Crippen LogP contribution < -0.4 is 0 Å². The van der Waals surface area contributed by atoms with Gasteiger partial charge in [0.05, 0.1) is 5.56 Å². The van der Waals surface area contributed by atoms with Crippen molar-refractivity contribution in [3.05, 3.63) is 40.8 Å². The third-order valence-electron chi connectivity index (χ3n) is 3.43. The van der Waals surface area contributed by atoms with E-state index in [-0.39, 0.29) is 5.69 Å². The molecule has 2 aromatic heterocycles. The van der Waals surface area contributed by atoms with Crippen LogP contribution in [-0.4, -0.2) is 25.8 Å². The van der Waals surface area contributed by atoms with E-state index in [1.807, 2.05) is 6.07 Å². The van der Waals surface area contributed by atoms with E-state index in [1.54, 1.807) is 0 Å². The fourth-order valence-electron chi connectivity index (χ4n) is 2.44. The molecule has 3 rings (SSSR count). The molecule has 0 bridgehead atoms. The van der Waals surface area contributed by atoms with Crippen LogP contribution in [0, 0.1) is 11.3 Å². The van der Waals surface area contributed by atoms with Crippen molar-refractivity contribution in [2.45, 2.75) is 25.7 Å². The maximum atomic E-state index is 10.9. The third kappa shape index (κ3) is 2.03. The molecule has 0 atom stereocenters. The topological polar surface area (TPSA) is 91.8 Å². The largest absolute Gasteiger partial charge is 0.476 e. The minimum Gasteiger partial charge on any atom is -0.476 e. The Morgan fingerprint density at radius 3 is 2.90 bits per heavy atom. The molecule has 100 valence electrons. The van der Waals surface area contributed by atoms with E-state index in [1.165, 1.54) is 16.9 Å². The van der Waals surface area contributed by atoms with Crippen molar-refractivity contribution >= 4 is 5.97 Å². The maximum absolute atomic E-state index is 10.9. The first kappa shape index (κ1) is 12.4. The first-order chi connectivity index (χ1) is 9.69. The number of pyridine rings is 1. The molecule has 1 aliphatic rings. The summed E-state index contributed by atoms with van der Waals surface area (Å²) in [7, 11) is 0. The van der Waals surface area contributed by atoms with Gasteiger partial charge in [0.25, 0.3) is 0 Å². The zero-order valence-corrected chi connectivity index (χ0v) is 10.7. The second kappa shape index (κ2) is 4.78. The molecule has 6 nitrogen and oxygen atoms in total. The average molecular weight is 268 g/mol. The zero-order chi connectivity index (χ0) is 14.1. The van der Waals surface area contributed by atoms with Crippen LogP contribution in [0.25, 0.3) is 5.82 Å². The summed E-state index contributed by atoms with van der Waals surface area (Å²) in [6.07, 6.45) is 5.55. The summed E-state index contributed by atoms with van der Waals surface area (Å²) in [4.78, 5) is 15.4. The SMILES string of the molecule is N#Cc1cc2c(nc1-n1ccc(C(=O)O)n1)CCCC2. The van der Waals surface area contributed by atoms with Crippen LogP contribution in [-0.2, 0) is 12.8 Å². The van der Waals surface area contributed by atoms with Crippen LogP contribution in [0.1, 0.15) is 40.2 Å². The monoisotopic (exact) mass is 268 g/mol. The van der Waals surface area contributed by atoms with Crippen LogP contribution in [0.2, 0.25) is 0 Å². The van der Waals surface area contributed by atoms with Gasteiger partial charge in [0.1, 0.15) is 6.07 Å². The Morgan fingerprint density at radius 1 is 1.40 bits per heavy atom. The predicted octanol–water partition coefficient (Wildman–Crippen LogP) is 1.72. The summed E-state index contributed by atoms with van der Waals surface area (Å²) in [6, 6.07) is 5.35. The molecule has 20 heavy (non-hydrogen) atoms. The van der Waals surface area contributed by atoms with Crippen LogP contribution >= 0.6 is 0 Å². The Balaban J connectivity index is 2.12. The number of hydrogen-bond acceptors (Lipinski definition) is 4. The number of nitrogens with zero attached hydrogens (tertiary/aromatic N) is 4. The van der Waals surface area contributed by atoms with Gasteiger partial charge in [-0.05, 0) is 43.4 Å². The Kier molecular flexibility index (Phi) is 2.95. The molecule has 0 radical (unpaired) electrons. The molecule has 0 aromatic carbocycles. The van der Waals surface area contributed by atoms with E-state index in [2.05, 4.69) is 16.2 Å². The summed E-state index contributed by atoms with van der Waals surface area (Å²) >= 11 is 0. The van der Waals surface area contributed by atoms with Gasteiger partial charge in [0, 0.05) is 11.9 Å². The number of aryl methyl sites for hydroxylation is 2. The van der Waals surface area contributed by atoms with Crippen molar-refractivity contribution in [3.8, 4) is 11.9 Å². The number of carboxylic acids is 1. The standard InChI is InChI=1S/C14H12N4O2/c15-8-10-7-9-3-1-2-4-11(9)16-13(10)18-6-5-12(17-18)14(19)20/h5-7H,1-4H2,(H,19,20). The van der Waals surface area contributed by atoms with Crippen molar-refractivity contribution in [1.82, 2.24) is 14.8 Å². The van der Waals surface area contributed by atoms with Gasteiger partial charge in [-0.2, -0.15) is 10.4 Å². The highest BCUT2D eigenvalue weighted by Gasteiger charge is 2.17. The number of aromatic carboxylic acids is 1. The molecule has 1 aliphatic carbocycles. The minimum atomic E-state index is -1.10. The Hall–Kier alpha value is -2.68. The lowest BCUT2D eigenvalue weighted by atomic mass is 9.95. The molecule has 0 aliphatic heterocycles. The van der Waals surface area contributed by atoms with Crippen LogP contribution in [0.4, 0.5) is 0 Å². The first-order valence-electron chi connectivity index (χ1n) is 6.41. The molecule has 0 unspecified atom stereocenters. The average Bonchev–Trinajstić information content (AvgIpc) is 2.95. The van der Waals surface area contributed by atoms with Gasteiger partial charge < -0.3 is 5.11 Å². The van der Waals surface area contributed by atoms with Crippen molar-refractivity contribution in [2.75, 3.05) is 0 Å². The van der Waals surface area contributed by atoms with Crippen LogP contribution in [0.5, 0.6) is 0 Å².